The van der Waals surface area contributed by atoms with Crippen molar-refractivity contribution in [1.29, 1.82) is 0 Å². The number of hydrogen-bond acceptors (Lipinski definition) is 3. The first kappa shape index (κ1) is 8.82. The third-order valence-electron chi connectivity index (χ3n) is 2.67. The summed E-state index contributed by atoms with van der Waals surface area (Å²) in [5.74, 6) is 0. The van der Waals surface area contributed by atoms with Crippen LogP contribution in [0.4, 0.5) is 0 Å². The Morgan fingerprint density at radius 2 is 2.07 bits per heavy atom. The highest BCUT2D eigenvalue weighted by Crippen LogP contribution is 2.24. The van der Waals surface area contributed by atoms with Crippen molar-refractivity contribution in [3.8, 4) is 0 Å². The molecule has 0 amide bonds. The van der Waals surface area contributed by atoms with Gasteiger partial charge in [0.05, 0.1) is 4.90 Å². The third-order valence-corrected chi connectivity index (χ3v) is 4.60. The van der Waals surface area contributed by atoms with Crippen LogP contribution in [0.1, 0.15) is 5.56 Å². The van der Waals surface area contributed by atoms with Crippen molar-refractivity contribution in [2.45, 2.75) is 11.4 Å². The van der Waals surface area contributed by atoms with E-state index in [0.29, 0.717) is 16.5 Å². The number of quaternary nitrogens is 1. The van der Waals surface area contributed by atoms with Crippen LogP contribution in [0.15, 0.2) is 45.4 Å². The van der Waals surface area contributed by atoms with E-state index in [1.807, 2.05) is 12.1 Å². The van der Waals surface area contributed by atoms with Crippen LogP contribution < -0.4 is 4.90 Å². The van der Waals surface area contributed by atoms with Crippen molar-refractivity contribution in [3.05, 3.63) is 41.1 Å². The van der Waals surface area contributed by atoms with Crippen LogP contribution in [0, 0.1) is 0 Å². The van der Waals surface area contributed by atoms with Crippen molar-refractivity contribution in [1.82, 2.24) is 0 Å². The number of nitrogens with one attached hydrogen (secondary N) is 1. The molecule has 76 valence electrons. The van der Waals surface area contributed by atoms with Crippen LogP contribution in [0.5, 0.6) is 0 Å². The maximum absolute atomic E-state index is 12.1. The minimum absolute atomic E-state index is 0.362. The normalized spacial score (nSPS) is 25.6. The van der Waals surface area contributed by atoms with E-state index in [9.17, 15) is 8.42 Å². The summed E-state index contributed by atoms with van der Waals surface area (Å²) in [6.45, 7) is 0.657. The number of hydrogen-bond donors (Lipinski definition) is 1. The number of aliphatic imine (C=N–C) groups is 1. The topological polar surface area (TPSA) is 50.9 Å². The Bertz CT molecular complexity index is 587. The Balaban J connectivity index is 2.31. The van der Waals surface area contributed by atoms with Gasteiger partial charge in [-0.2, -0.15) is 0 Å². The molecule has 0 aliphatic carbocycles. The lowest BCUT2D eigenvalue weighted by Gasteiger charge is -2.20. The fourth-order valence-electron chi connectivity index (χ4n) is 1.95. The summed E-state index contributed by atoms with van der Waals surface area (Å²) in [4.78, 5) is 5.12. The van der Waals surface area contributed by atoms with Crippen LogP contribution in [0.25, 0.3) is 0 Å². The standard InChI is InChI=1S/C10H8N2O2S/c13-15(14)9-4-2-1-3-8(9)6-12-7-11-5-10(12)15/h1-5,7H,6H2/p+1. The molecule has 5 heteroatoms. The average Bonchev–Trinajstić information content (AvgIpc) is 2.67. The number of rotatable bonds is 0. The fraction of sp³-hybridized carbons (Fsp3) is 0.100. The predicted octanol–water partition coefficient (Wildman–Crippen LogP) is -0.300. The van der Waals surface area contributed by atoms with Crippen LogP contribution in [-0.4, -0.2) is 14.8 Å². The SMILES string of the molecule is O=S1(=O)C2=CN=C[NH+]2Cc2ccccc21. The molecule has 2 aliphatic rings. The summed E-state index contributed by atoms with van der Waals surface area (Å²) >= 11 is 0. The number of benzene rings is 1. The molecule has 0 saturated carbocycles. The second kappa shape index (κ2) is 2.77. The van der Waals surface area contributed by atoms with Crippen LogP contribution in [0.3, 0.4) is 0 Å². The van der Waals surface area contributed by atoms with Crippen molar-refractivity contribution in [2.24, 2.45) is 4.99 Å². The Hall–Kier alpha value is -1.46. The zero-order valence-corrected chi connectivity index (χ0v) is 8.66. The molecule has 2 aliphatic heterocycles. The van der Waals surface area contributed by atoms with E-state index in [1.54, 1.807) is 18.5 Å². The second-order valence-corrected chi connectivity index (χ2v) is 5.47. The van der Waals surface area contributed by atoms with E-state index in [4.69, 9.17) is 0 Å². The molecule has 3 rings (SSSR count). The zero-order valence-electron chi connectivity index (χ0n) is 7.84. The summed E-state index contributed by atoms with van der Waals surface area (Å²) < 4.78 is 24.2. The van der Waals surface area contributed by atoms with Crippen molar-refractivity contribution >= 4 is 16.2 Å². The van der Waals surface area contributed by atoms with Crippen LogP contribution in [0.2, 0.25) is 0 Å². The Morgan fingerprint density at radius 1 is 1.27 bits per heavy atom. The summed E-state index contributed by atoms with van der Waals surface area (Å²) in [6, 6.07) is 7.11. The lowest BCUT2D eigenvalue weighted by atomic mass is 10.2. The first-order valence-electron chi connectivity index (χ1n) is 4.62. The minimum Gasteiger partial charge on any atom is -0.245 e. The molecular formula is C10H9N2O2S+. The first-order valence-corrected chi connectivity index (χ1v) is 6.10. The third kappa shape index (κ3) is 1.10. The second-order valence-electron chi connectivity index (χ2n) is 3.58. The monoisotopic (exact) mass is 221 g/mol. The van der Waals surface area contributed by atoms with E-state index < -0.39 is 9.84 Å². The van der Waals surface area contributed by atoms with Gasteiger partial charge in [-0.25, -0.2) is 18.3 Å². The Kier molecular flexibility index (Phi) is 1.63. The summed E-state index contributed by atoms with van der Waals surface area (Å²) in [6.07, 6.45) is 3.06. The Labute approximate surface area is 87.5 Å². The Morgan fingerprint density at radius 3 is 2.93 bits per heavy atom. The van der Waals surface area contributed by atoms with Crippen LogP contribution >= 0.6 is 0 Å². The molecule has 0 fully saturated rings. The molecule has 0 saturated heterocycles. The molecule has 1 atom stereocenters. The molecule has 0 aromatic heterocycles. The van der Waals surface area contributed by atoms with Gasteiger partial charge in [0.25, 0.3) is 14.9 Å². The lowest BCUT2D eigenvalue weighted by molar-refractivity contribution is -0.760. The predicted molar refractivity (Wildman–Crippen MR) is 54.9 cm³/mol. The number of sulfone groups is 1. The lowest BCUT2D eigenvalue weighted by Crippen LogP contribution is -3.08. The molecule has 2 heterocycles. The highest BCUT2D eigenvalue weighted by molar-refractivity contribution is 7.95. The van der Waals surface area contributed by atoms with Gasteiger partial charge in [-0.15, -0.1) is 0 Å². The van der Waals surface area contributed by atoms with Gasteiger partial charge in [-0.1, -0.05) is 18.2 Å². The number of fused-ring (bicyclic) bond motifs is 2. The molecule has 15 heavy (non-hydrogen) atoms. The largest absolute Gasteiger partial charge is 0.258 e. The molecule has 0 radical (unpaired) electrons. The van der Waals surface area contributed by atoms with Gasteiger partial charge in [0, 0.05) is 5.56 Å². The first-order chi connectivity index (χ1) is 7.19. The molecule has 1 aromatic rings. The molecule has 1 aromatic carbocycles. The van der Waals surface area contributed by atoms with Gasteiger partial charge >= 0.3 is 0 Å². The van der Waals surface area contributed by atoms with E-state index in [1.165, 1.54) is 6.20 Å². The zero-order chi connectivity index (χ0) is 10.5. The van der Waals surface area contributed by atoms with Crippen molar-refractivity contribution < 1.29 is 13.3 Å². The highest BCUT2D eigenvalue weighted by atomic mass is 32.2. The van der Waals surface area contributed by atoms with Gasteiger partial charge in [-0.05, 0) is 6.07 Å². The summed E-state index contributed by atoms with van der Waals surface area (Å²) in [7, 11) is -3.32. The van der Waals surface area contributed by atoms with Gasteiger partial charge in [0.1, 0.15) is 12.7 Å². The van der Waals surface area contributed by atoms with E-state index in [0.717, 1.165) is 10.5 Å². The van der Waals surface area contributed by atoms with Gasteiger partial charge < -0.3 is 0 Å². The molecule has 1 unspecified atom stereocenters. The fourth-order valence-corrected chi connectivity index (χ4v) is 3.60. The average molecular weight is 221 g/mol. The van der Waals surface area contributed by atoms with Gasteiger partial charge in [-0.3, -0.25) is 0 Å². The minimum atomic E-state index is -3.32. The highest BCUT2D eigenvalue weighted by Gasteiger charge is 2.39. The van der Waals surface area contributed by atoms with Crippen molar-refractivity contribution in [2.75, 3.05) is 0 Å². The maximum Gasteiger partial charge on any atom is 0.258 e. The quantitative estimate of drug-likeness (QED) is 0.654. The molecule has 4 nitrogen and oxygen atoms in total. The smallest absolute Gasteiger partial charge is 0.245 e. The summed E-state index contributed by atoms with van der Waals surface area (Å²) in [5, 5.41) is 0.362. The van der Waals surface area contributed by atoms with Gasteiger partial charge in [0.2, 0.25) is 0 Å². The van der Waals surface area contributed by atoms with E-state index in [-0.39, 0.29) is 0 Å². The van der Waals surface area contributed by atoms with E-state index in [2.05, 4.69) is 4.99 Å². The molecule has 0 spiro atoms. The van der Waals surface area contributed by atoms with Gasteiger partial charge in [0.15, 0.2) is 6.34 Å². The molecule has 1 N–H and O–H groups in total. The molecular weight excluding hydrogens is 212 g/mol. The number of nitrogens with zero attached hydrogens (tertiary/aromatic N) is 1. The van der Waals surface area contributed by atoms with Crippen molar-refractivity contribution in [3.63, 3.8) is 0 Å². The maximum atomic E-state index is 12.1. The van der Waals surface area contributed by atoms with Crippen LogP contribution in [-0.2, 0) is 16.4 Å². The molecule has 0 bridgehead atoms. The summed E-state index contributed by atoms with van der Waals surface area (Å²) in [5.41, 5.74) is 0.859. The van der Waals surface area contributed by atoms with E-state index >= 15 is 0 Å².